The number of carbonyl (C=O) groups is 1. The van der Waals surface area contributed by atoms with Gasteiger partial charge in [-0.15, -0.1) is 0 Å². The second-order valence-corrected chi connectivity index (χ2v) is 3.79. The van der Waals surface area contributed by atoms with E-state index in [1.54, 1.807) is 24.7 Å². The van der Waals surface area contributed by atoms with Crippen LogP contribution >= 0.6 is 0 Å². The topological polar surface area (TPSA) is 88.7 Å². The molecular formula is C11H15N5O. The van der Waals surface area contributed by atoms with Gasteiger partial charge in [0.1, 0.15) is 5.69 Å². The number of aromatic nitrogens is 3. The first-order chi connectivity index (χ1) is 8.20. The van der Waals surface area contributed by atoms with Crippen molar-refractivity contribution in [3.8, 4) is 0 Å². The number of rotatable bonds is 4. The molecule has 0 bridgehead atoms. The number of amides is 1. The molecule has 1 amide bonds. The molecule has 2 heterocycles. The van der Waals surface area contributed by atoms with Crippen LogP contribution in [0.5, 0.6) is 0 Å². The van der Waals surface area contributed by atoms with Gasteiger partial charge in [0.25, 0.3) is 5.91 Å². The maximum atomic E-state index is 12.0. The number of nitrogen functional groups attached to an aromatic ring is 1. The minimum atomic E-state index is -0.184. The van der Waals surface area contributed by atoms with Gasteiger partial charge in [0.05, 0.1) is 17.6 Å². The minimum Gasteiger partial charge on any atom is -0.397 e. The zero-order chi connectivity index (χ0) is 12.3. The maximum Gasteiger partial charge on any atom is 0.272 e. The maximum absolute atomic E-state index is 12.0. The number of hydrogen-bond acceptors (Lipinski definition) is 3. The van der Waals surface area contributed by atoms with Gasteiger partial charge in [-0.3, -0.25) is 9.89 Å². The average Bonchev–Trinajstić information content (AvgIpc) is 2.88. The third kappa shape index (κ3) is 2.47. The highest BCUT2D eigenvalue weighted by Gasteiger charge is 2.12. The highest BCUT2D eigenvalue weighted by Crippen LogP contribution is 2.13. The van der Waals surface area contributed by atoms with E-state index in [2.05, 4.69) is 15.5 Å². The van der Waals surface area contributed by atoms with Crippen molar-refractivity contribution in [1.82, 2.24) is 14.8 Å². The zero-order valence-corrected chi connectivity index (χ0v) is 9.60. The zero-order valence-electron chi connectivity index (χ0n) is 9.60. The number of H-pyrrole nitrogens is 1. The lowest BCUT2D eigenvalue weighted by molar-refractivity contribution is 0.101. The SMILES string of the molecule is CCCn1cc(N)cc1C(=O)Nc1cn[nH]c1. The van der Waals surface area contributed by atoms with Crippen molar-refractivity contribution in [1.29, 1.82) is 0 Å². The van der Waals surface area contributed by atoms with Gasteiger partial charge in [-0.05, 0) is 12.5 Å². The number of hydrogen-bond donors (Lipinski definition) is 3. The van der Waals surface area contributed by atoms with Crippen molar-refractivity contribution in [3.63, 3.8) is 0 Å². The van der Waals surface area contributed by atoms with Crippen LogP contribution in [0.15, 0.2) is 24.7 Å². The molecule has 6 heteroatoms. The van der Waals surface area contributed by atoms with E-state index in [1.807, 2.05) is 11.5 Å². The van der Waals surface area contributed by atoms with Crippen LogP contribution in [0.25, 0.3) is 0 Å². The Morgan fingerprint density at radius 1 is 1.65 bits per heavy atom. The van der Waals surface area contributed by atoms with Crippen molar-refractivity contribution in [2.45, 2.75) is 19.9 Å². The first-order valence-electron chi connectivity index (χ1n) is 5.46. The molecule has 0 unspecified atom stereocenters. The Hall–Kier alpha value is -2.24. The summed E-state index contributed by atoms with van der Waals surface area (Å²) in [5.74, 6) is -0.184. The van der Waals surface area contributed by atoms with E-state index >= 15 is 0 Å². The molecule has 0 saturated carbocycles. The molecule has 0 spiro atoms. The monoisotopic (exact) mass is 233 g/mol. The number of anilines is 2. The number of nitrogens with one attached hydrogen (secondary N) is 2. The Balaban J connectivity index is 2.18. The van der Waals surface area contributed by atoms with Crippen LogP contribution in [-0.4, -0.2) is 20.7 Å². The Labute approximate surface area is 98.8 Å². The predicted molar refractivity (Wildman–Crippen MR) is 65.7 cm³/mol. The fourth-order valence-electron chi connectivity index (χ4n) is 1.66. The number of carbonyl (C=O) groups excluding carboxylic acids is 1. The summed E-state index contributed by atoms with van der Waals surface area (Å²) in [5, 5.41) is 9.14. The molecule has 6 nitrogen and oxygen atoms in total. The van der Waals surface area contributed by atoms with E-state index in [0.29, 0.717) is 17.1 Å². The van der Waals surface area contributed by atoms with Crippen molar-refractivity contribution in [3.05, 3.63) is 30.4 Å². The van der Waals surface area contributed by atoms with Gasteiger partial charge in [-0.2, -0.15) is 5.10 Å². The lowest BCUT2D eigenvalue weighted by Crippen LogP contribution is -2.16. The van der Waals surface area contributed by atoms with Crippen LogP contribution in [0.2, 0.25) is 0 Å². The summed E-state index contributed by atoms with van der Waals surface area (Å²) in [6.07, 6.45) is 5.89. The predicted octanol–water partition coefficient (Wildman–Crippen LogP) is 1.46. The van der Waals surface area contributed by atoms with E-state index in [9.17, 15) is 4.79 Å². The minimum absolute atomic E-state index is 0.184. The van der Waals surface area contributed by atoms with Gasteiger partial charge in [-0.1, -0.05) is 6.92 Å². The van der Waals surface area contributed by atoms with Crippen LogP contribution in [0.1, 0.15) is 23.8 Å². The quantitative estimate of drug-likeness (QED) is 0.746. The summed E-state index contributed by atoms with van der Waals surface area (Å²) in [5.41, 5.74) is 7.49. The lowest BCUT2D eigenvalue weighted by atomic mass is 10.3. The normalized spacial score (nSPS) is 10.4. The van der Waals surface area contributed by atoms with E-state index in [0.717, 1.165) is 13.0 Å². The smallest absolute Gasteiger partial charge is 0.272 e. The molecule has 0 saturated heterocycles. The van der Waals surface area contributed by atoms with Gasteiger partial charge in [-0.25, -0.2) is 0 Å². The molecule has 2 rings (SSSR count). The molecule has 2 aromatic heterocycles. The second-order valence-electron chi connectivity index (χ2n) is 3.79. The fourth-order valence-corrected chi connectivity index (χ4v) is 1.66. The molecule has 0 aliphatic heterocycles. The van der Waals surface area contributed by atoms with Crippen LogP contribution in [0.4, 0.5) is 11.4 Å². The number of nitrogens with zero attached hydrogens (tertiary/aromatic N) is 2. The lowest BCUT2D eigenvalue weighted by Gasteiger charge is -2.06. The van der Waals surface area contributed by atoms with Crippen molar-refractivity contribution >= 4 is 17.3 Å². The Morgan fingerprint density at radius 2 is 2.47 bits per heavy atom. The summed E-state index contributed by atoms with van der Waals surface area (Å²) in [4.78, 5) is 12.0. The summed E-state index contributed by atoms with van der Waals surface area (Å²) in [6, 6.07) is 1.67. The summed E-state index contributed by atoms with van der Waals surface area (Å²) in [7, 11) is 0. The Bertz CT molecular complexity index is 500. The van der Waals surface area contributed by atoms with E-state index in [1.165, 1.54) is 0 Å². The number of aryl methyl sites for hydroxylation is 1. The van der Waals surface area contributed by atoms with Crippen molar-refractivity contribution in [2.24, 2.45) is 0 Å². The first-order valence-corrected chi connectivity index (χ1v) is 5.46. The third-order valence-electron chi connectivity index (χ3n) is 2.37. The largest absolute Gasteiger partial charge is 0.397 e. The summed E-state index contributed by atoms with van der Waals surface area (Å²) in [6.45, 7) is 2.82. The van der Waals surface area contributed by atoms with Gasteiger partial charge in [0, 0.05) is 18.9 Å². The first kappa shape index (κ1) is 11.3. The van der Waals surface area contributed by atoms with Crippen LogP contribution in [0.3, 0.4) is 0 Å². The van der Waals surface area contributed by atoms with E-state index in [4.69, 9.17) is 5.73 Å². The van der Waals surface area contributed by atoms with E-state index < -0.39 is 0 Å². The van der Waals surface area contributed by atoms with E-state index in [-0.39, 0.29) is 5.91 Å². The second kappa shape index (κ2) is 4.73. The molecule has 4 N–H and O–H groups in total. The molecule has 0 aromatic carbocycles. The van der Waals surface area contributed by atoms with Crippen molar-refractivity contribution < 1.29 is 4.79 Å². The Kier molecular flexibility index (Phi) is 3.13. The molecule has 17 heavy (non-hydrogen) atoms. The highest BCUT2D eigenvalue weighted by molar-refractivity contribution is 6.03. The molecule has 0 radical (unpaired) electrons. The van der Waals surface area contributed by atoms with Gasteiger partial charge >= 0.3 is 0 Å². The van der Waals surface area contributed by atoms with Crippen LogP contribution in [0, 0.1) is 0 Å². The van der Waals surface area contributed by atoms with Crippen molar-refractivity contribution in [2.75, 3.05) is 11.1 Å². The Morgan fingerprint density at radius 3 is 3.12 bits per heavy atom. The molecule has 0 aliphatic carbocycles. The standard InChI is InChI=1S/C11H15N5O/c1-2-3-16-7-8(12)4-10(16)11(17)15-9-5-13-14-6-9/h4-7H,2-3,12H2,1H3,(H,13,14)(H,15,17). The highest BCUT2D eigenvalue weighted by atomic mass is 16.1. The molecule has 0 fully saturated rings. The molecule has 0 aliphatic rings. The van der Waals surface area contributed by atoms with Crippen LogP contribution < -0.4 is 11.1 Å². The summed E-state index contributed by atoms with van der Waals surface area (Å²) < 4.78 is 1.85. The molecular weight excluding hydrogens is 218 g/mol. The number of nitrogens with two attached hydrogens (primary N) is 1. The third-order valence-corrected chi connectivity index (χ3v) is 2.37. The fraction of sp³-hybridized carbons (Fsp3) is 0.273. The van der Waals surface area contributed by atoms with Crippen LogP contribution in [-0.2, 0) is 6.54 Å². The van der Waals surface area contributed by atoms with Gasteiger partial charge < -0.3 is 15.6 Å². The molecule has 0 atom stereocenters. The van der Waals surface area contributed by atoms with Gasteiger partial charge in [0.2, 0.25) is 0 Å². The van der Waals surface area contributed by atoms with Gasteiger partial charge in [0.15, 0.2) is 0 Å². The average molecular weight is 233 g/mol. The molecule has 90 valence electrons. The number of aromatic amines is 1. The molecule has 2 aromatic rings. The summed E-state index contributed by atoms with van der Waals surface area (Å²) >= 11 is 0.